The third-order valence-electron chi connectivity index (χ3n) is 4.47. The van der Waals surface area contributed by atoms with Gasteiger partial charge in [-0.15, -0.1) is 0 Å². The maximum absolute atomic E-state index is 12.5. The van der Waals surface area contributed by atoms with Gasteiger partial charge in [0.15, 0.2) is 0 Å². The smallest absolute Gasteiger partial charge is 0.326 e. The highest BCUT2D eigenvalue weighted by molar-refractivity contribution is 7.80. The summed E-state index contributed by atoms with van der Waals surface area (Å²) in [6.07, 6.45) is 1.66. The van der Waals surface area contributed by atoms with Crippen molar-refractivity contribution in [2.75, 3.05) is 12.3 Å². The van der Waals surface area contributed by atoms with Gasteiger partial charge in [-0.1, -0.05) is 30.3 Å². The molecule has 2 N–H and O–H groups in total. The van der Waals surface area contributed by atoms with Crippen LogP contribution in [0.25, 0.3) is 0 Å². The van der Waals surface area contributed by atoms with Crippen LogP contribution in [0.4, 0.5) is 0 Å². The van der Waals surface area contributed by atoms with Crippen LogP contribution < -0.4 is 5.32 Å². The molecule has 7 heteroatoms. The van der Waals surface area contributed by atoms with Crippen molar-refractivity contribution >= 4 is 30.4 Å². The lowest BCUT2D eigenvalue weighted by molar-refractivity contribution is -0.149. The molecule has 0 aliphatic carbocycles. The molecule has 0 aromatic heterocycles. The molecule has 0 radical (unpaired) electrons. The van der Waals surface area contributed by atoms with Crippen molar-refractivity contribution in [2.24, 2.45) is 5.92 Å². The number of carboxylic acids is 1. The summed E-state index contributed by atoms with van der Waals surface area (Å²) in [5.41, 5.74) is 1.03. The number of carboxylic acid groups (broad SMARTS) is 1. The van der Waals surface area contributed by atoms with E-state index in [-0.39, 0.29) is 17.7 Å². The summed E-state index contributed by atoms with van der Waals surface area (Å²) in [5.74, 6) is -1.58. The zero-order valence-corrected chi connectivity index (χ0v) is 15.1. The van der Waals surface area contributed by atoms with E-state index in [4.69, 9.17) is 0 Å². The van der Waals surface area contributed by atoms with Crippen molar-refractivity contribution in [1.29, 1.82) is 0 Å². The summed E-state index contributed by atoms with van der Waals surface area (Å²) in [5, 5.41) is 11.9. The molecule has 0 saturated carbocycles. The fraction of sp³-hybridized carbons (Fsp3) is 0.500. The van der Waals surface area contributed by atoms with E-state index in [2.05, 4.69) is 17.9 Å². The van der Waals surface area contributed by atoms with E-state index in [0.29, 0.717) is 31.6 Å². The normalized spacial score (nSPS) is 19.3. The monoisotopic (exact) mass is 364 g/mol. The van der Waals surface area contributed by atoms with Crippen molar-refractivity contribution in [3.8, 4) is 0 Å². The van der Waals surface area contributed by atoms with E-state index in [1.54, 1.807) is 6.92 Å². The second-order valence-electron chi connectivity index (χ2n) is 6.33. The number of likely N-dealkylation sites (tertiary alicyclic amines) is 1. The zero-order chi connectivity index (χ0) is 18.4. The van der Waals surface area contributed by atoms with Crippen LogP contribution in [0.3, 0.4) is 0 Å². The molecule has 25 heavy (non-hydrogen) atoms. The summed E-state index contributed by atoms with van der Waals surface area (Å²) in [6.45, 7) is 2.01. The Bertz CT molecular complexity index is 623. The highest BCUT2D eigenvalue weighted by Gasteiger charge is 2.36. The van der Waals surface area contributed by atoms with Crippen molar-refractivity contribution < 1.29 is 19.5 Å². The van der Waals surface area contributed by atoms with Crippen molar-refractivity contribution in [3.05, 3.63) is 35.9 Å². The minimum Gasteiger partial charge on any atom is -0.480 e. The van der Waals surface area contributed by atoms with Crippen LogP contribution in [0.15, 0.2) is 30.3 Å². The fourth-order valence-electron chi connectivity index (χ4n) is 3.07. The summed E-state index contributed by atoms with van der Waals surface area (Å²) in [4.78, 5) is 37.5. The molecule has 1 aliphatic heterocycles. The number of hydrogen-bond donors (Lipinski definition) is 3. The number of thiol groups is 1. The summed E-state index contributed by atoms with van der Waals surface area (Å²) in [7, 11) is 0. The number of amides is 2. The predicted molar refractivity (Wildman–Crippen MR) is 97.5 cm³/mol. The van der Waals surface area contributed by atoms with E-state index in [0.717, 1.165) is 5.56 Å². The standard InChI is InChI=1S/C18H24N2O4S/c1-12(17(22)20-9-5-8-15(20)18(23)24)19-16(21)14(11-25)10-13-6-3-2-4-7-13/h2-4,6-7,12,14-15,25H,5,8-11H2,1H3,(H,19,21)(H,23,24)/t12-,14+,15-/m0/s1. The molecule has 0 bridgehead atoms. The summed E-state index contributed by atoms with van der Waals surface area (Å²) >= 11 is 4.25. The number of carbonyl (C=O) groups is 3. The Balaban J connectivity index is 1.95. The van der Waals surface area contributed by atoms with Crippen molar-refractivity contribution in [1.82, 2.24) is 10.2 Å². The average molecular weight is 364 g/mol. The van der Waals surface area contributed by atoms with Gasteiger partial charge in [-0.25, -0.2) is 4.79 Å². The van der Waals surface area contributed by atoms with E-state index >= 15 is 0 Å². The van der Waals surface area contributed by atoms with Crippen LogP contribution in [0.1, 0.15) is 25.3 Å². The minimum absolute atomic E-state index is 0.245. The van der Waals surface area contributed by atoms with Crippen LogP contribution in [-0.4, -0.2) is 52.2 Å². The molecule has 1 aromatic carbocycles. The molecular weight excluding hydrogens is 340 g/mol. The SMILES string of the molecule is C[C@H](NC(=O)[C@@H](CS)Cc1ccccc1)C(=O)N1CCC[C@H]1C(=O)O. The van der Waals surface area contributed by atoms with Gasteiger partial charge < -0.3 is 15.3 Å². The first-order valence-electron chi connectivity index (χ1n) is 8.42. The third kappa shape index (κ3) is 4.98. The Morgan fingerprint density at radius 1 is 1.32 bits per heavy atom. The largest absolute Gasteiger partial charge is 0.480 e. The predicted octanol–water partition coefficient (Wildman–Crippen LogP) is 1.36. The van der Waals surface area contributed by atoms with Gasteiger partial charge in [0.25, 0.3) is 0 Å². The molecule has 1 heterocycles. The summed E-state index contributed by atoms with van der Waals surface area (Å²) < 4.78 is 0. The quantitative estimate of drug-likeness (QED) is 0.638. The van der Waals surface area contributed by atoms with E-state index in [1.165, 1.54) is 4.90 Å². The first-order valence-corrected chi connectivity index (χ1v) is 9.05. The molecule has 136 valence electrons. The number of benzene rings is 1. The maximum atomic E-state index is 12.5. The lowest BCUT2D eigenvalue weighted by atomic mass is 10.00. The van der Waals surface area contributed by atoms with Crippen molar-refractivity contribution in [2.45, 2.75) is 38.3 Å². The Labute approximate surface area is 153 Å². The Morgan fingerprint density at radius 3 is 2.60 bits per heavy atom. The molecule has 1 saturated heterocycles. The van der Waals surface area contributed by atoms with Gasteiger partial charge in [0.2, 0.25) is 11.8 Å². The van der Waals surface area contributed by atoms with E-state index in [9.17, 15) is 19.5 Å². The Morgan fingerprint density at radius 2 is 2.00 bits per heavy atom. The number of rotatable bonds is 7. The number of nitrogens with one attached hydrogen (secondary N) is 1. The number of aliphatic carboxylic acids is 1. The molecule has 2 amide bonds. The maximum Gasteiger partial charge on any atom is 0.326 e. The molecule has 1 aliphatic rings. The van der Waals surface area contributed by atoms with Crippen LogP contribution in [0, 0.1) is 5.92 Å². The van der Waals surface area contributed by atoms with Crippen LogP contribution in [0.2, 0.25) is 0 Å². The van der Waals surface area contributed by atoms with Crippen LogP contribution in [-0.2, 0) is 20.8 Å². The van der Waals surface area contributed by atoms with Gasteiger partial charge in [-0.3, -0.25) is 9.59 Å². The molecule has 6 nitrogen and oxygen atoms in total. The lowest BCUT2D eigenvalue weighted by Crippen LogP contribution is -2.51. The molecule has 1 aromatic rings. The summed E-state index contributed by atoms with van der Waals surface area (Å²) in [6, 6.07) is 8.07. The fourth-order valence-corrected chi connectivity index (χ4v) is 3.36. The van der Waals surface area contributed by atoms with Crippen LogP contribution in [0.5, 0.6) is 0 Å². The highest BCUT2D eigenvalue weighted by Crippen LogP contribution is 2.19. The van der Waals surface area contributed by atoms with Gasteiger partial charge in [-0.2, -0.15) is 12.6 Å². The number of nitrogens with zero attached hydrogens (tertiary/aromatic N) is 1. The molecule has 1 fully saturated rings. The van der Waals surface area contributed by atoms with Gasteiger partial charge in [0.1, 0.15) is 12.1 Å². The Hall–Kier alpha value is -2.02. The highest BCUT2D eigenvalue weighted by atomic mass is 32.1. The molecule has 2 rings (SSSR count). The molecule has 0 unspecified atom stereocenters. The zero-order valence-electron chi connectivity index (χ0n) is 14.2. The van der Waals surface area contributed by atoms with Crippen LogP contribution >= 0.6 is 12.6 Å². The third-order valence-corrected chi connectivity index (χ3v) is 4.91. The van der Waals surface area contributed by atoms with Gasteiger partial charge in [0.05, 0.1) is 5.92 Å². The van der Waals surface area contributed by atoms with Gasteiger partial charge >= 0.3 is 5.97 Å². The van der Waals surface area contributed by atoms with E-state index in [1.807, 2.05) is 30.3 Å². The number of carbonyl (C=O) groups excluding carboxylic acids is 2. The van der Waals surface area contributed by atoms with E-state index < -0.39 is 18.1 Å². The minimum atomic E-state index is -0.998. The second kappa shape index (κ2) is 8.89. The molecule has 3 atom stereocenters. The first kappa shape index (κ1) is 19.3. The Kier molecular flexibility index (Phi) is 6.87. The second-order valence-corrected chi connectivity index (χ2v) is 6.69. The molecule has 0 spiro atoms. The molecular formula is C18H24N2O4S. The first-order chi connectivity index (χ1) is 11.9. The lowest BCUT2D eigenvalue weighted by Gasteiger charge is -2.26. The van der Waals surface area contributed by atoms with Gasteiger partial charge in [-0.05, 0) is 31.7 Å². The average Bonchev–Trinajstić information content (AvgIpc) is 3.09. The van der Waals surface area contributed by atoms with Gasteiger partial charge in [0, 0.05) is 12.3 Å². The topological polar surface area (TPSA) is 86.7 Å². The van der Waals surface area contributed by atoms with Crippen molar-refractivity contribution in [3.63, 3.8) is 0 Å². The number of hydrogen-bond acceptors (Lipinski definition) is 4.